The molecule has 2 aromatic rings. The number of pyridine rings is 1. The molecule has 0 aliphatic heterocycles. The number of anilines is 1. The van der Waals surface area contributed by atoms with E-state index in [1.54, 1.807) is 29.3 Å². The summed E-state index contributed by atoms with van der Waals surface area (Å²) in [7, 11) is 0. The molecule has 4 bridgehead atoms. The quantitative estimate of drug-likeness (QED) is 0.783. The molecule has 2 amide bonds. The summed E-state index contributed by atoms with van der Waals surface area (Å²) >= 11 is 0. The van der Waals surface area contributed by atoms with E-state index in [2.05, 4.69) is 25.7 Å². The molecule has 2 N–H and O–H groups in total. The van der Waals surface area contributed by atoms with Crippen LogP contribution in [0.2, 0.25) is 0 Å². The predicted octanol–water partition coefficient (Wildman–Crippen LogP) is 2.32. The van der Waals surface area contributed by atoms with Crippen molar-refractivity contribution < 1.29 is 9.59 Å². The van der Waals surface area contributed by atoms with Crippen LogP contribution in [0.3, 0.4) is 0 Å². The molecule has 0 saturated heterocycles. The maximum Gasteiger partial charge on any atom is 0.226 e. The van der Waals surface area contributed by atoms with Crippen molar-refractivity contribution >= 4 is 17.5 Å². The Morgan fingerprint density at radius 2 is 1.83 bits per heavy atom. The van der Waals surface area contributed by atoms with Crippen molar-refractivity contribution in [2.75, 3.05) is 11.9 Å². The monoisotopic (exact) mass is 394 g/mol. The van der Waals surface area contributed by atoms with E-state index in [4.69, 9.17) is 0 Å². The highest BCUT2D eigenvalue weighted by molar-refractivity contribution is 5.91. The molecule has 8 heteroatoms. The van der Waals surface area contributed by atoms with E-state index in [0.29, 0.717) is 18.1 Å². The molecule has 2 aromatic heterocycles. The van der Waals surface area contributed by atoms with Gasteiger partial charge in [0.25, 0.3) is 0 Å². The minimum atomic E-state index is -0.160. The van der Waals surface area contributed by atoms with Crippen molar-refractivity contribution in [1.29, 1.82) is 0 Å². The van der Waals surface area contributed by atoms with Gasteiger partial charge in [-0.15, -0.1) is 0 Å². The Bertz CT molecular complexity index is 857. The molecule has 152 valence electrons. The van der Waals surface area contributed by atoms with Gasteiger partial charge in [0.05, 0.1) is 11.9 Å². The molecule has 4 fully saturated rings. The second-order valence-electron chi connectivity index (χ2n) is 9.00. The fourth-order valence-electron chi connectivity index (χ4n) is 6.01. The first-order valence-corrected chi connectivity index (χ1v) is 10.5. The van der Waals surface area contributed by atoms with Crippen LogP contribution in [0, 0.1) is 23.2 Å². The normalized spacial score (nSPS) is 29.6. The van der Waals surface area contributed by atoms with E-state index < -0.39 is 0 Å². The lowest BCUT2D eigenvalue weighted by Gasteiger charge is -2.55. The van der Waals surface area contributed by atoms with Gasteiger partial charge >= 0.3 is 0 Å². The molecule has 6 rings (SSSR count). The van der Waals surface area contributed by atoms with E-state index in [1.165, 1.54) is 25.6 Å². The van der Waals surface area contributed by atoms with Crippen LogP contribution >= 0.6 is 0 Å². The van der Waals surface area contributed by atoms with Crippen molar-refractivity contribution in [2.45, 2.75) is 44.9 Å². The second kappa shape index (κ2) is 7.24. The number of aromatic nitrogens is 4. The summed E-state index contributed by atoms with van der Waals surface area (Å²) in [4.78, 5) is 33.3. The van der Waals surface area contributed by atoms with Crippen LogP contribution < -0.4 is 10.6 Å². The van der Waals surface area contributed by atoms with Crippen molar-refractivity contribution in [2.24, 2.45) is 23.2 Å². The van der Waals surface area contributed by atoms with E-state index in [0.717, 1.165) is 37.0 Å². The minimum absolute atomic E-state index is 0.133. The number of amides is 2. The minimum Gasteiger partial charge on any atom is -0.355 e. The Labute approximate surface area is 169 Å². The summed E-state index contributed by atoms with van der Waals surface area (Å²) in [5, 5.41) is 9.89. The molecule has 2 heterocycles. The third-order valence-electron chi connectivity index (χ3n) is 6.84. The summed E-state index contributed by atoms with van der Waals surface area (Å²) in [6, 6.07) is 3.54. The first-order chi connectivity index (χ1) is 14.1. The van der Waals surface area contributed by atoms with Crippen LogP contribution in [0.1, 0.15) is 44.9 Å². The standard InChI is InChI=1S/C21H26N6O2/c28-19(26-17-1-2-18(24-11-17)27-13-22-12-25-27)3-4-23-20(29)21-8-14-5-15(9-21)7-16(6-14)10-21/h1-2,11-16H,3-10H2,(H,23,29)(H,26,28). The maximum atomic E-state index is 12.9. The lowest BCUT2D eigenvalue weighted by molar-refractivity contribution is -0.146. The summed E-state index contributed by atoms with van der Waals surface area (Å²) < 4.78 is 1.55. The van der Waals surface area contributed by atoms with Gasteiger partial charge in [-0.3, -0.25) is 9.59 Å². The smallest absolute Gasteiger partial charge is 0.226 e. The maximum absolute atomic E-state index is 12.9. The van der Waals surface area contributed by atoms with Gasteiger partial charge in [0.1, 0.15) is 12.7 Å². The molecule has 4 aliphatic rings. The molecule has 0 atom stereocenters. The zero-order valence-corrected chi connectivity index (χ0v) is 16.4. The van der Waals surface area contributed by atoms with Gasteiger partial charge in [-0.25, -0.2) is 14.6 Å². The molecule has 4 aliphatic carbocycles. The average molecular weight is 394 g/mol. The molecule has 0 radical (unpaired) electrons. The Morgan fingerprint density at radius 1 is 1.10 bits per heavy atom. The third kappa shape index (κ3) is 3.63. The van der Waals surface area contributed by atoms with Crippen LogP contribution in [0.15, 0.2) is 31.0 Å². The number of hydrogen-bond donors (Lipinski definition) is 2. The number of hydrogen-bond acceptors (Lipinski definition) is 5. The molecule has 0 unspecified atom stereocenters. The fourth-order valence-corrected chi connectivity index (χ4v) is 6.01. The first-order valence-electron chi connectivity index (χ1n) is 10.5. The molecule has 0 spiro atoms. The van der Waals surface area contributed by atoms with Gasteiger partial charge in [0, 0.05) is 18.4 Å². The molecular weight excluding hydrogens is 368 g/mol. The zero-order valence-electron chi connectivity index (χ0n) is 16.4. The number of rotatable bonds is 6. The van der Waals surface area contributed by atoms with Gasteiger partial charge in [0.2, 0.25) is 11.8 Å². The van der Waals surface area contributed by atoms with Gasteiger partial charge in [0.15, 0.2) is 5.82 Å². The van der Waals surface area contributed by atoms with Crippen LogP contribution in [-0.2, 0) is 9.59 Å². The van der Waals surface area contributed by atoms with Crippen LogP contribution in [-0.4, -0.2) is 38.1 Å². The van der Waals surface area contributed by atoms with Gasteiger partial charge in [-0.1, -0.05) is 0 Å². The fraction of sp³-hybridized carbons (Fsp3) is 0.571. The summed E-state index contributed by atoms with van der Waals surface area (Å²) in [6.07, 6.45) is 11.9. The number of nitrogens with one attached hydrogen (secondary N) is 2. The Hall–Kier alpha value is -2.77. The summed E-state index contributed by atoms with van der Waals surface area (Å²) in [5.41, 5.74) is 0.457. The molecular formula is C21H26N6O2. The van der Waals surface area contributed by atoms with Gasteiger partial charge in [-0.2, -0.15) is 5.10 Å². The predicted molar refractivity (Wildman–Crippen MR) is 106 cm³/mol. The number of nitrogens with zero attached hydrogens (tertiary/aromatic N) is 4. The van der Waals surface area contributed by atoms with Crippen LogP contribution in [0.5, 0.6) is 0 Å². The SMILES string of the molecule is O=C(CCNC(=O)C12CC3CC(CC(C3)C1)C2)Nc1ccc(-n2cncn2)nc1. The van der Waals surface area contributed by atoms with Crippen molar-refractivity contribution in [3.8, 4) is 5.82 Å². The highest BCUT2D eigenvalue weighted by Crippen LogP contribution is 2.60. The lowest BCUT2D eigenvalue weighted by atomic mass is 9.49. The zero-order chi connectivity index (χ0) is 19.8. The Morgan fingerprint density at radius 3 is 2.41 bits per heavy atom. The highest BCUT2D eigenvalue weighted by atomic mass is 16.2. The van der Waals surface area contributed by atoms with E-state index in [9.17, 15) is 9.59 Å². The van der Waals surface area contributed by atoms with Crippen LogP contribution in [0.25, 0.3) is 5.82 Å². The average Bonchev–Trinajstić information content (AvgIpc) is 3.22. The molecule has 29 heavy (non-hydrogen) atoms. The van der Waals surface area contributed by atoms with Crippen molar-refractivity contribution in [1.82, 2.24) is 25.1 Å². The molecule has 0 aromatic carbocycles. The molecule has 4 saturated carbocycles. The number of carbonyl (C=O) groups excluding carboxylic acids is 2. The van der Waals surface area contributed by atoms with Crippen molar-refractivity contribution in [3.05, 3.63) is 31.0 Å². The Kier molecular flexibility index (Phi) is 4.56. The van der Waals surface area contributed by atoms with E-state index >= 15 is 0 Å². The second-order valence-corrected chi connectivity index (χ2v) is 9.00. The first kappa shape index (κ1) is 18.3. The highest BCUT2D eigenvalue weighted by Gasteiger charge is 2.54. The van der Waals surface area contributed by atoms with Gasteiger partial charge in [-0.05, 0) is 68.4 Å². The topological polar surface area (TPSA) is 102 Å². The van der Waals surface area contributed by atoms with Crippen LogP contribution in [0.4, 0.5) is 5.69 Å². The van der Waals surface area contributed by atoms with E-state index in [-0.39, 0.29) is 23.7 Å². The summed E-state index contributed by atoms with van der Waals surface area (Å²) in [6.45, 7) is 0.372. The molecule has 8 nitrogen and oxygen atoms in total. The number of carbonyl (C=O) groups is 2. The van der Waals surface area contributed by atoms with Gasteiger partial charge < -0.3 is 10.6 Å². The third-order valence-corrected chi connectivity index (χ3v) is 6.84. The lowest BCUT2D eigenvalue weighted by Crippen LogP contribution is -2.53. The largest absolute Gasteiger partial charge is 0.355 e. The summed E-state index contributed by atoms with van der Waals surface area (Å²) in [5.74, 6) is 2.88. The van der Waals surface area contributed by atoms with E-state index in [1.807, 2.05) is 0 Å². The van der Waals surface area contributed by atoms with Crippen molar-refractivity contribution in [3.63, 3.8) is 0 Å². The Balaban J connectivity index is 1.10.